The average Bonchev–Trinajstić information content (AvgIpc) is 1.79. The minimum atomic E-state index is 0.912. The largest absolute Gasteiger partial charge is 0.306 e. The van der Waals surface area contributed by atoms with E-state index in [1.165, 1.54) is 32.1 Å². The maximum Gasteiger partial charge on any atom is 0.00944 e. The van der Waals surface area contributed by atoms with Gasteiger partial charge in [-0.05, 0) is 45.2 Å². The third-order valence-electron chi connectivity index (χ3n) is 3.83. The summed E-state index contributed by atoms with van der Waals surface area (Å²) in [5.41, 5.74) is 0. The van der Waals surface area contributed by atoms with Gasteiger partial charge in [-0.2, -0.15) is 0 Å². The van der Waals surface area contributed by atoms with E-state index >= 15 is 0 Å². The third-order valence-corrected chi connectivity index (χ3v) is 3.83. The molecule has 0 aromatic heterocycles. The summed E-state index contributed by atoms with van der Waals surface area (Å²) in [6.45, 7) is 0. The van der Waals surface area contributed by atoms with Gasteiger partial charge >= 0.3 is 0 Å². The lowest BCUT2D eigenvalue weighted by molar-refractivity contribution is 0.0904. The molecule has 2 fully saturated rings. The van der Waals surface area contributed by atoms with Crippen molar-refractivity contribution >= 4 is 0 Å². The number of nitrogens with zero attached hydrogens (tertiary/aromatic N) is 1. The van der Waals surface area contributed by atoms with Crippen molar-refractivity contribution < 1.29 is 0 Å². The second-order valence-electron chi connectivity index (χ2n) is 4.99. The highest BCUT2D eigenvalue weighted by molar-refractivity contribution is 4.87. The molecule has 0 radical (unpaired) electrons. The number of hydrogen-bond acceptors (Lipinski definition) is 1. The first-order chi connectivity index (χ1) is 5.75. The molecular weight excluding hydrogens is 146 g/mol. The maximum atomic E-state index is 2.39. The van der Waals surface area contributed by atoms with Crippen LogP contribution in [-0.4, -0.2) is 25.0 Å². The van der Waals surface area contributed by atoms with Crippen LogP contribution in [0.5, 0.6) is 0 Å². The Labute approximate surface area is 76.1 Å². The van der Waals surface area contributed by atoms with Crippen molar-refractivity contribution in [2.24, 2.45) is 11.8 Å². The van der Waals surface area contributed by atoms with Gasteiger partial charge in [0.25, 0.3) is 0 Å². The minimum absolute atomic E-state index is 0.912. The van der Waals surface area contributed by atoms with E-state index in [1.807, 2.05) is 0 Å². The summed E-state index contributed by atoms with van der Waals surface area (Å²) in [5.74, 6) is 2.21. The molecule has 2 rings (SSSR count). The zero-order chi connectivity index (χ0) is 8.55. The molecule has 0 aliphatic heterocycles. The van der Waals surface area contributed by atoms with Crippen molar-refractivity contribution in [3.8, 4) is 0 Å². The fourth-order valence-electron chi connectivity index (χ4n) is 2.51. The Morgan fingerprint density at radius 1 is 1.08 bits per heavy atom. The molecule has 0 atom stereocenters. The van der Waals surface area contributed by atoms with E-state index in [2.05, 4.69) is 19.0 Å². The van der Waals surface area contributed by atoms with E-state index in [0.29, 0.717) is 0 Å². The topological polar surface area (TPSA) is 3.24 Å². The molecule has 0 N–H and O–H groups in total. The molecule has 0 aromatic rings. The predicted octanol–water partition coefficient (Wildman–Crippen LogP) is 2.52. The van der Waals surface area contributed by atoms with Crippen molar-refractivity contribution in [1.82, 2.24) is 4.90 Å². The van der Waals surface area contributed by atoms with Gasteiger partial charge in [-0.25, -0.2) is 0 Å². The van der Waals surface area contributed by atoms with Gasteiger partial charge in [-0.15, -0.1) is 0 Å². The smallest absolute Gasteiger partial charge is 0.00944 e. The Kier molecular flexibility index (Phi) is 2.40. The van der Waals surface area contributed by atoms with Gasteiger partial charge in [0, 0.05) is 6.04 Å². The van der Waals surface area contributed by atoms with Crippen LogP contribution in [0.2, 0.25) is 0 Å². The Hall–Kier alpha value is -0.0400. The molecule has 0 unspecified atom stereocenters. The lowest BCUT2D eigenvalue weighted by Gasteiger charge is -2.42. The molecule has 12 heavy (non-hydrogen) atoms. The van der Waals surface area contributed by atoms with Crippen LogP contribution in [0.25, 0.3) is 0 Å². The van der Waals surface area contributed by atoms with Gasteiger partial charge in [-0.3, -0.25) is 0 Å². The van der Waals surface area contributed by atoms with E-state index in [4.69, 9.17) is 0 Å². The van der Waals surface area contributed by atoms with E-state index in [0.717, 1.165) is 17.9 Å². The van der Waals surface area contributed by atoms with E-state index < -0.39 is 0 Å². The minimum Gasteiger partial charge on any atom is -0.306 e. The van der Waals surface area contributed by atoms with E-state index in [9.17, 15) is 0 Å². The monoisotopic (exact) mass is 167 g/mol. The van der Waals surface area contributed by atoms with Crippen molar-refractivity contribution in [3.63, 3.8) is 0 Å². The van der Waals surface area contributed by atoms with Crippen molar-refractivity contribution in [3.05, 3.63) is 0 Å². The summed E-state index contributed by atoms with van der Waals surface area (Å²) >= 11 is 0. The average molecular weight is 167 g/mol. The van der Waals surface area contributed by atoms with Gasteiger partial charge in [0.15, 0.2) is 0 Å². The SMILES string of the molecule is CN(C)C1CC(CC2CCC2)C1. The summed E-state index contributed by atoms with van der Waals surface area (Å²) in [5, 5.41) is 0. The molecule has 1 heteroatoms. The molecule has 1 nitrogen and oxygen atoms in total. The first-order valence-electron chi connectivity index (χ1n) is 5.42. The molecule has 0 amide bonds. The normalized spacial score (nSPS) is 36.2. The van der Waals surface area contributed by atoms with Crippen LogP contribution < -0.4 is 0 Å². The summed E-state index contributed by atoms with van der Waals surface area (Å²) in [6, 6.07) is 0.912. The summed E-state index contributed by atoms with van der Waals surface area (Å²) in [7, 11) is 4.43. The van der Waals surface area contributed by atoms with Crippen molar-refractivity contribution in [1.29, 1.82) is 0 Å². The number of hydrogen-bond donors (Lipinski definition) is 0. The third kappa shape index (κ3) is 1.66. The molecule has 2 saturated carbocycles. The van der Waals surface area contributed by atoms with Gasteiger partial charge < -0.3 is 4.90 Å². The highest BCUT2D eigenvalue weighted by Gasteiger charge is 2.33. The fourth-order valence-corrected chi connectivity index (χ4v) is 2.51. The Bertz CT molecular complexity index is 143. The lowest BCUT2D eigenvalue weighted by atomic mass is 9.70. The van der Waals surface area contributed by atoms with Gasteiger partial charge in [-0.1, -0.05) is 19.3 Å². The van der Waals surface area contributed by atoms with Crippen LogP contribution in [0.15, 0.2) is 0 Å². The maximum absolute atomic E-state index is 2.39. The Morgan fingerprint density at radius 3 is 2.17 bits per heavy atom. The molecule has 0 bridgehead atoms. The van der Waals surface area contributed by atoms with Crippen LogP contribution in [0.4, 0.5) is 0 Å². The molecule has 2 aliphatic carbocycles. The number of rotatable bonds is 3. The first kappa shape index (κ1) is 8.55. The molecule has 0 spiro atoms. The zero-order valence-electron chi connectivity index (χ0n) is 8.42. The van der Waals surface area contributed by atoms with Crippen LogP contribution in [0.1, 0.15) is 38.5 Å². The lowest BCUT2D eigenvalue weighted by Crippen LogP contribution is -2.41. The van der Waals surface area contributed by atoms with Crippen LogP contribution >= 0.6 is 0 Å². The van der Waals surface area contributed by atoms with E-state index in [1.54, 1.807) is 6.42 Å². The standard InChI is InChI=1S/C11H21N/c1-12(2)11-7-10(8-11)6-9-4-3-5-9/h9-11H,3-8H2,1-2H3. The highest BCUT2D eigenvalue weighted by atomic mass is 15.1. The predicted molar refractivity (Wildman–Crippen MR) is 52.2 cm³/mol. The molecular formula is C11H21N. The van der Waals surface area contributed by atoms with Crippen molar-refractivity contribution in [2.75, 3.05) is 14.1 Å². The van der Waals surface area contributed by atoms with Crippen LogP contribution in [0.3, 0.4) is 0 Å². The quantitative estimate of drug-likeness (QED) is 0.624. The zero-order valence-corrected chi connectivity index (χ0v) is 8.42. The Balaban J connectivity index is 1.61. The summed E-state index contributed by atoms with van der Waals surface area (Å²) < 4.78 is 0. The summed E-state index contributed by atoms with van der Waals surface area (Å²) in [6.07, 6.45) is 9.07. The van der Waals surface area contributed by atoms with Crippen molar-refractivity contribution in [2.45, 2.75) is 44.6 Å². The highest BCUT2D eigenvalue weighted by Crippen LogP contribution is 2.40. The van der Waals surface area contributed by atoms with Gasteiger partial charge in [0.2, 0.25) is 0 Å². The molecule has 0 saturated heterocycles. The van der Waals surface area contributed by atoms with Gasteiger partial charge in [0.1, 0.15) is 0 Å². The summed E-state index contributed by atoms with van der Waals surface area (Å²) in [4.78, 5) is 2.39. The molecule has 70 valence electrons. The second-order valence-corrected chi connectivity index (χ2v) is 4.99. The Morgan fingerprint density at radius 2 is 1.75 bits per heavy atom. The molecule has 0 aromatic carbocycles. The van der Waals surface area contributed by atoms with Crippen LogP contribution in [0, 0.1) is 11.8 Å². The van der Waals surface area contributed by atoms with E-state index in [-0.39, 0.29) is 0 Å². The van der Waals surface area contributed by atoms with Gasteiger partial charge in [0.05, 0.1) is 0 Å². The second kappa shape index (κ2) is 3.37. The fraction of sp³-hybridized carbons (Fsp3) is 1.00. The van der Waals surface area contributed by atoms with Crippen LogP contribution in [-0.2, 0) is 0 Å². The molecule has 0 heterocycles. The first-order valence-corrected chi connectivity index (χ1v) is 5.42. The molecule has 2 aliphatic rings.